The third kappa shape index (κ3) is 5.56. The Balaban J connectivity index is 1.46. The lowest BCUT2D eigenvalue weighted by molar-refractivity contribution is -0.121. The number of amides is 1. The number of anilines is 1. The summed E-state index contributed by atoms with van der Waals surface area (Å²) < 4.78 is 6.76. The highest BCUT2D eigenvalue weighted by molar-refractivity contribution is 7.22. The van der Waals surface area contributed by atoms with Crippen molar-refractivity contribution in [3.63, 3.8) is 0 Å². The molecule has 27 heavy (non-hydrogen) atoms. The highest BCUT2D eigenvalue weighted by Crippen LogP contribution is 2.31. The molecule has 6 nitrogen and oxygen atoms in total. The molecule has 0 bridgehead atoms. The van der Waals surface area contributed by atoms with Crippen molar-refractivity contribution in [2.45, 2.75) is 33.1 Å². The number of hydrogen-bond donors (Lipinski definition) is 1. The average Bonchev–Trinajstić information content (AvgIpc) is 3.10. The van der Waals surface area contributed by atoms with Crippen molar-refractivity contribution in [1.29, 1.82) is 0 Å². The molecule has 2 heterocycles. The molecule has 0 atom stereocenters. The van der Waals surface area contributed by atoms with E-state index in [1.54, 1.807) is 11.3 Å². The number of hydrogen-bond acceptors (Lipinski definition) is 6. The van der Waals surface area contributed by atoms with Gasteiger partial charge in [-0.2, -0.15) is 0 Å². The summed E-state index contributed by atoms with van der Waals surface area (Å²) in [6, 6.07) is 6.11. The number of piperazine rings is 1. The van der Waals surface area contributed by atoms with Crippen LogP contribution in [-0.2, 0) is 4.79 Å². The van der Waals surface area contributed by atoms with Gasteiger partial charge >= 0.3 is 0 Å². The Hall–Kier alpha value is -1.86. The van der Waals surface area contributed by atoms with E-state index in [-0.39, 0.29) is 5.91 Å². The monoisotopic (exact) mass is 390 g/mol. The van der Waals surface area contributed by atoms with E-state index in [0.29, 0.717) is 13.0 Å². The van der Waals surface area contributed by atoms with E-state index in [4.69, 9.17) is 9.72 Å². The third-order valence-corrected chi connectivity index (χ3v) is 5.89. The minimum absolute atomic E-state index is 0.177. The second-order valence-corrected chi connectivity index (χ2v) is 7.85. The van der Waals surface area contributed by atoms with E-state index in [1.807, 2.05) is 19.1 Å². The van der Waals surface area contributed by atoms with Gasteiger partial charge < -0.3 is 15.0 Å². The number of unbranched alkanes of at least 4 members (excludes halogenated alkanes) is 1. The molecule has 2 aromatic rings. The zero-order valence-electron chi connectivity index (χ0n) is 16.4. The van der Waals surface area contributed by atoms with Crippen LogP contribution in [0, 0.1) is 0 Å². The topological polar surface area (TPSA) is 57.7 Å². The Labute approximate surface area is 165 Å². The lowest BCUT2D eigenvalue weighted by atomic mass is 10.2. The molecule has 1 fully saturated rings. The average molecular weight is 391 g/mol. The maximum absolute atomic E-state index is 11.7. The largest absolute Gasteiger partial charge is 0.494 e. The van der Waals surface area contributed by atoms with Crippen molar-refractivity contribution < 1.29 is 9.53 Å². The summed E-state index contributed by atoms with van der Waals surface area (Å²) in [7, 11) is 0. The summed E-state index contributed by atoms with van der Waals surface area (Å²) in [5.74, 6) is 1.09. The van der Waals surface area contributed by atoms with E-state index < -0.39 is 0 Å². The van der Waals surface area contributed by atoms with E-state index in [1.165, 1.54) is 4.70 Å². The third-order valence-electron chi connectivity index (χ3n) is 4.81. The number of ether oxygens (including phenoxy) is 1. The van der Waals surface area contributed by atoms with Gasteiger partial charge in [0.05, 0.1) is 16.8 Å². The smallest absolute Gasteiger partial charge is 0.220 e. The summed E-state index contributed by atoms with van der Waals surface area (Å²) in [5.41, 5.74) is 1.04. The van der Waals surface area contributed by atoms with Gasteiger partial charge in [0, 0.05) is 45.7 Å². The van der Waals surface area contributed by atoms with Crippen molar-refractivity contribution >= 4 is 32.6 Å². The van der Waals surface area contributed by atoms with Crippen molar-refractivity contribution in [3.05, 3.63) is 18.2 Å². The van der Waals surface area contributed by atoms with Crippen LogP contribution in [0.15, 0.2) is 18.2 Å². The molecular weight excluding hydrogens is 360 g/mol. The van der Waals surface area contributed by atoms with Crippen LogP contribution in [-0.4, -0.2) is 61.7 Å². The van der Waals surface area contributed by atoms with Crippen molar-refractivity contribution in [3.8, 4) is 5.75 Å². The Morgan fingerprint density at radius 3 is 2.81 bits per heavy atom. The van der Waals surface area contributed by atoms with Crippen LogP contribution < -0.4 is 15.0 Å². The summed E-state index contributed by atoms with van der Waals surface area (Å²) in [6.07, 6.45) is 2.68. The van der Waals surface area contributed by atoms with E-state index >= 15 is 0 Å². The SMILES string of the molecule is CCCCC(=O)NCCN1CCN(c2nc3ccc(OCC)cc3s2)CC1. The minimum Gasteiger partial charge on any atom is -0.494 e. The summed E-state index contributed by atoms with van der Waals surface area (Å²) in [6.45, 7) is 10.4. The summed E-state index contributed by atoms with van der Waals surface area (Å²) >= 11 is 1.73. The molecule has 1 aromatic carbocycles. The summed E-state index contributed by atoms with van der Waals surface area (Å²) in [5, 5.41) is 4.11. The van der Waals surface area contributed by atoms with E-state index in [9.17, 15) is 4.79 Å². The fourth-order valence-corrected chi connectivity index (χ4v) is 4.27. The van der Waals surface area contributed by atoms with Gasteiger partial charge in [-0.05, 0) is 31.5 Å². The quantitative estimate of drug-likeness (QED) is 0.713. The van der Waals surface area contributed by atoms with Crippen LogP contribution in [0.2, 0.25) is 0 Å². The highest BCUT2D eigenvalue weighted by atomic mass is 32.1. The van der Waals surface area contributed by atoms with Crippen LogP contribution in [0.5, 0.6) is 5.75 Å². The van der Waals surface area contributed by atoms with Crippen LogP contribution in [0.3, 0.4) is 0 Å². The Morgan fingerprint density at radius 2 is 2.07 bits per heavy atom. The van der Waals surface area contributed by atoms with Crippen LogP contribution in [0.4, 0.5) is 5.13 Å². The number of carbonyl (C=O) groups excluding carboxylic acids is 1. The zero-order chi connectivity index (χ0) is 19.1. The number of rotatable bonds is 9. The molecular formula is C20H30N4O2S. The number of nitrogens with zero attached hydrogens (tertiary/aromatic N) is 3. The number of benzene rings is 1. The Morgan fingerprint density at radius 1 is 1.26 bits per heavy atom. The molecule has 0 saturated carbocycles. The van der Waals surface area contributed by atoms with Crippen LogP contribution in [0.1, 0.15) is 33.1 Å². The molecule has 0 aliphatic carbocycles. The van der Waals surface area contributed by atoms with Gasteiger partial charge in [-0.15, -0.1) is 0 Å². The Kier molecular flexibility index (Phi) is 7.29. The molecule has 1 N–H and O–H groups in total. The minimum atomic E-state index is 0.177. The molecule has 1 aromatic heterocycles. The predicted octanol–water partition coefficient (Wildman–Crippen LogP) is 3.12. The number of aromatic nitrogens is 1. The molecule has 7 heteroatoms. The molecule has 3 rings (SSSR count). The van der Waals surface area contributed by atoms with Crippen LogP contribution in [0.25, 0.3) is 10.2 Å². The maximum atomic E-state index is 11.7. The number of carbonyl (C=O) groups is 1. The van der Waals surface area contributed by atoms with Gasteiger partial charge in [0.15, 0.2) is 5.13 Å². The summed E-state index contributed by atoms with van der Waals surface area (Å²) in [4.78, 5) is 21.2. The first kappa shape index (κ1) is 19.9. The normalized spacial score (nSPS) is 15.3. The second kappa shape index (κ2) is 9.90. The molecule has 0 radical (unpaired) electrons. The lowest BCUT2D eigenvalue weighted by Crippen LogP contribution is -2.48. The first-order valence-electron chi connectivity index (χ1n) is 9.97. The first-order chi connectivity index (χ1) is 13.2. The molecule has 0 unspecified atom stereocenters. The molecule has 1 amide bonds. The molecule has 0 spiro atoms. The zero-order valence-corrected chi connectivity index (χ0v) is 17.2. The van der Waals surface area contributed by atoms with E-state index in [2.05, 4.69) is 28.1 Å². The lowest BCUT2D eigenvalue weighted by Gasteiger charge is -2.34. The van der Waals surface area contributed by atoms with Gasteiger partial charge in [-0.3, -0.25) is 9.69 Å². The van der Waals surface area contributed by atoms with Crippen molar-refractivity contribution in [2.24, 2.45) is 0 Å². The van der Waals surface area contributed by atoms with Gasteiger partial charge in [-0.25, -0.2) is 4.98 Å². The van der Waals surface area contributed by atoms with Crippen molar-refractivity contribution in [2.75, 3.05) is 50.8 Å². The van der Waals surface area contributed by atoms with Crippen molar-refractivity contribution in [1.82, 2.24) is 15.2 Å². The van der Waals surface area contributed by atoms with Gasteiger partial charge in [0.2, 0.25) is 5.91 Å². The Bertz CT molecular complexity index is 741. The molecule has 1 saturated heterocycles. The fourth-order valence-electron chi connectivity index (χ4n) is 3.23. The van der Waals surface area contributed by atoms with E-state index in [0.717, 1.165) is 68.5 Å². The van der Waals surface area contributed by atoms with Gasteiger partial charge in [0.1, 0.15) is 5.75 Å². The van der Waals surface area contributed by atoms with Gasteiger partial charge in [0.25, 0.3) is 0 Å². The molecule has 148 valence electrons. The number of fused-ring (bicyclic) bond motifs is 1. The molecule has 1 aliphatic heterocycles. The number of thiazole rings is 1. The molecule has 1 aliphatic rings. The van der Waals surface area contributed by atoms with Crippen LogP contribution >= 0.6 is 11.3 Å². The predicted molar refractivity (Wildman–Crippen MR) is 112 cm³/mol. The highest BCUT2D eigenvalue weighted by Gasteiger charge is 2.19. The maximum Gasteiger partial charge on any atom is 0.220 e. The second-order valence-electron chi connectivity index (χ2n) is 6.84. The van der Waals surface area contributed by atoms with Gasteiger partial charge in [-0.1, -0.05) is 24.7 Å². The standard InChI is InChI=1S/C20H30N4O2S/c1-3-5-6-19(25)21-9-10-23-11-13-24(14-12-23)20-22-17-8-7-16(26-4-2)15-18(17)27-20/h7-8,15H,3-6,9-14H2,1-2H3,(H,21,25). The fraction of sp³-hybridized carbons (Fsp3) is 0.600. The number of nitrogens with one attached hydrogen (secondary N) is 1. The first-order valence-corrected chi connectivity index (χ1v) is 10.8.